The van der Waals surface area contributed by atoms with Gasteiger partial charge < -0.3 is 15.6 Å². The standard InChI is InChI=1S/C20H12Cl2FN5/c21-16-7-13(8-19-15(16)3-4-25-19)27-20-9-12(5-14(10-24)28-20)26-11-1-2-18(23)17(22)6-11/h1-9,25H,(H2,26,27,28). The first-order valence-electron chi connectivity index (χ1n) is 8.20. The van der Waals surface area contributed by atoms with Gasteiger partial charge in [0.2, 0.25) is 0 Å². The van der Waals surface area contributed by atoms with Crippen LogP contribution in [0.25, 0.3) is 10.9 Å². The number of halogens is 3. The topological polar surface area (TPSA) is 76.5 Å². The van der Waals surface area contributed by atoms with Gasteiger partial charge >= 0.3 is 0 Å². The van der Waals surface area contributed by atoms with E-state index < -0.39 is 5.82 Å². The first-order chi connectivity index (χ1) is 13.5. The van der Waals surface area contributed by atoms with Crippen LogP contribution in [0.5, 0.6) is 0 Å². The fraction of sp³-hybridized carbons (Fsp3) is 0. The monoisotopic (exact) mass is 411 g/mol. The molecule has 0 amide bonds. The van der Waals surface area contributed by atoms with Crippen LogP contribution in [0.2, 0.25) is 10.0 Å². The zero-order chi connectivity index (χ0) is 19.7. The molecule has 0 aliphatic carbocycles. The molecule has 0 radical (unpaired) electrons. The van der Waals surface area contributed by atoms with E-state index in [2.05, 4.69) is 20.6 Å². The molecule has 3 N–H and O–H groups in total. The van der Waals surface area contributed by atoms with E-state index in [0.717, 1.165) is 16.6 Å². The summed E-state index contributed by atoms with van der Waals surface area (Å²) in [6.45, 7) is 0. The minimum Gasteiger partial charge on any atom is -0.361 e. The third-order valence-electron chi connectivity index (χ3n) is 4.04. The molecular weight excluding hydrogens is 400 g/mol. The molecule has 0 atom stereocenters. The number of aromatic amines is 1. The molecule has 138 valence electrons. The number of nitriles is 1. The molecule has 0 bridgehead atoms. The van der Waals surface area contributed by atoms with Gasteiger partial charge in [0, 0.05) is 40.2 Å². The quantitative estimate of drug-likeness (QED) is 0.364. The van der Waals surface area contributed by atoms with Crippen LogP contribution in [0.1, 0.15) is 5.69 Å². The smallest absolute Gasteiger partial charge is 0.144 e. The van der Waals surface area contributed by atoms with Crippen molar-refractivity contribution in [2.24, 2.45) is 0 Å². The summed E-state index contributed by atoms with van der Waals surface area (Å²) in [7, 11) is 0. The van der Waals surface area contributed by atoms with Crippen LogP contribution in [0.3, 0.4) is 0 Å². The SMILES string of the molecule is N#Cc1cc(Nc2ccc(F)c(Cl)c2)cc(Nc2cc(Cl)c3cc[nH]c3c2)n1. The lowest BCUT2D eigenvalue weighted by Crippen LogP contribution is -1.99. The summed E-state index contributed by atoms with van der Waals surface area (Å²) in [6.07, 6.45) is 1.81. The Hall–Kier alpha value is -3.27. The van der Waals surface area contributed by atoms with Crippen molar-refractivity contribution in [2.45, 2.75) is 0 Å². The third kappa shape index (κ3) is 3.72. The summed E-state index contributed by atoms with van der Waals surface area (Å²) in [5.41, 5.74) is 3.00. The van der Waals surface area contributed by atoms with E-state index in [1.54, 1.807) is 24.3 Å². The molecule has 0 aliphatic rings. The Morgan fingerprint density at radius 2 is 1.71 bits per heavy atom. The maximum absolute atomic E-state index is 13.3. The second-order valence-electron chi connectivity index (χ2n) is 6.01. The Kier molecular flexibility index (Phi) is 4.78. The van der Waals surface area contributed by atoms with Gasteiger partial charge in [-0.1, -0.05) is 23.2 Å². The van der Waals surface area contributed by atoms with Crippen molar-refractivity contribution in [3.05, 3.63) is 76.3 Å². The van der Waals surface area contributed by atoms with E-state index in [1.807, 2.05) is 24.4 Å². The number of hydrogen-bond donors (Lipinski definition) is 3. The molecule has 0 spiro atoms. The summed E-state index contributed by atoms with van der Waals surface area (Å²) in [5.74, 6) is -0.0460. The van der Waals surface area contributed by atoms with E-state index >= 15 is 0 Å². The van der Waals surface area contributed by atoms with Crippen LogP contribution in [0.4, 0.5) is 27.3 Å². The molecule has 4 rings (SSSR count). The highest BCUT2D eigenvalue weighted by molar-refractivity contribution is 6.35. The van der Waals surface area contributed by atoms with Gasteiger partial charge in [-0.25, -0.2) is 9.37 Å². The molecule has 4 aromatic rings. The molecule has 2 heterocycles. The number of pyridine rings is 1. The predicted octanol–water partition coefficient (Wildman–Crippen LogP) is 6.37. The zero-order valence-electron chi connectivity index (χ0n) is 14.2. The Bertz CT molecular complexity index is 1230. The van der Waals surface area contributed by atoms with E-state index in [-0.39, 0.29) is 10.7 Å². The fourth-order valence-electron chi connectivity index (χ4n) is 2.81. The highest BCUT2D eigenvalue weighted by Crippen LogP contribution is 2.30. The average Bonchev–Trinajstić information content (AvgIpc) is 3.14. The number of anilines is 4. The summed E-state index contributed by atoms with van der Waals surface area (Å²) in [4.78, 5) is 7.38. The van der Waals surface area contributed by atoms with Gasteiger partial charge in [-0.05, 0) is 42.5 Å². The number of nitrogens with zero attached hydrogens (tertiary/aromatic N) is 2. The number of H-pyrrole nitrogens is 1. The number of fused-ring (bicyclic) bond motifs is 1. The van der Waals surface area contributed by atoms with Crippen LogP contribution in [0, 0.1) is 17.1 Å². The Morgan fingerprint density at radius 3 is 2.50 bits per heavy atom. The van der Waals surface area contributed by atoms with Gasteiger partial charge in [0.25, 0.3) is 0 Å². The lowest BCUT2D eigenvalue weighted by Gasteiger charge is -2.11. The lowest BCUT2D eigenvalue weighted by atomic mass is 10.2. The van der Waals surface area contributed by atoms with Gasteiger partial charge in [-0.15, -0.1) is 0 Å². The van der Waals surface area contributed by atoms with Gasteiger partial charge in [0.1, 0.15) is 23.4 Å². The van der Waals surface area contributed by atoms with Crippen LogP contribution in [0.15, 0.2) is 54.7 Å². The summed E-state index contributed by atoms with van der Waals surface area (Å²) < 4.78 is 13.3. The van der Waals surface area contributed by atoms with Gasteiger partial charge in [0.15, 0.2) is 0 Å². The van der Waals surface area contributed by atoms with Crippen molar-refractivity contribution < 1.29 is 4.39 Å². The predicted molar refractivity (Wildman–Crippen MR) is 110 cm³/mol. The highest BCUT2D eigenvalue weighted by atomic mass is 35.5. The third-order valence-corrected chi connectivity index (χ3v) is 4.64. The second-order valence-corrected chi connectivity index (χ2v) is 6.83. The summed E-state index contributed by atoms with van der Waals surface area (Å²) >= 11 is 12.1. The van der Waals surface area contributed by atoms with Crippen LogP contribution < -0.4 is 10.6 Å². The van der Waals surface area contributed by atoms with Crippen molar-refractivity contribution in [1.29, 1.82) is 5.26 Å². The fourth-order valence-corrected chi connectivity index (χ4v) is 3.27. The normalized spacial score (nSPS) is 10.6. The van der Waals surface area contributed by atoms with Crippen molar-refractivity contribution in [3.63, 3.8) is 0 Å². The molecule has 8 heteroatoms. The molecule has 2 aromatic heterocycles. The molecule has 0 aliphatic heterocycles. The Morgan fingerprint density at radius 1 is 0.929 bits per heavy atom. The van der Waals surface area contributed by atoms with E-state index in [9.17, 15) is 9.65 Å². The van der Waals surface area contributed by atoms with Crippen molar-refractivity contribution in [1.82, 2.24) is 9.97 Å². The van der Waals surface area contributed by atoms with E-state index in [1.165, 1.54) is 12.1 Å². The molecule has 5 nitrogen and oxygen atoms in total. The minimum absolute atomic E-state index is 0.00630. The first-order valence-corrected chi connectivity index (χ1v) is 8.95. The largest absolute Gasteiger partial charge is 0.361 e. The summed E-state index contributed by atoms with van der Waals surface area (Å²) in [6, 6.07) is 15.2. The average molecular weight is 412 g/mol. The Labute approximate surface area is 169 Å². The van der Waals surface area contributed by atoms with Crippen molar-refractivity contribution in [2.75, 3.05) is 10.6 Å². The van der Waals surface area contributed by atoms with Crippen molar-refractivity contribution in [3.8, 4) is 6.07 Å². The highest BCUT2D eigenvalue weighted by Gasteiger charge is 2.08. The molecular formula is C20H12Cl2FN5. The molecule has 28 heavy (non-hydrogen) atoms. The van der Waals surface area contributed by atoms with Gasteiger partial charge in [-0.3, -0.25) is 0 Å². The molecule has 0 unspecified atom stereocenters. The van der Waals surface area contributed by atoms with Gasteiger partial charge in [0.05, 0.1) is 10.0 Å². The summed E-state index contributed by atoms with van der Waals surface area (Å²) in [5, 5.41) is 17.1. The van der Waals surface area contributed by atoms with Crippen LogP contribution in [-0.4, -0.2) is 9.97 Å². The van der Waals surface area contributed by atoms with Gasteiger partial charge in [-0.2, -0.15) is 5.26 Å². The number of benzene rings is 2. The maximum Gasteiger partial charge on any atom is 0.144 e. The molecule has 0 saturated carbocycles. The van der Waals surface area contributed by atoms with E-state index in [0.29, 0.717) is 22.2 Å². The second kappa shape index (κ2) is 7.39. The molecule has 2 aromatic carbocycles. The molecule has 0 saturated heterocycles. The van der Waals surface area contributed by atoms with Crippen LogP contribution in [-0.2, 0) is 0 Å². The number of nitrogens with one attached hydrogen (secondary N) is 3. The maximum atomic E-state index is 13.3. The Balaban J connectivity index is 1.66. The van der Waals surface area contributed by atoms with Crippen molar-refractivity contribution >= 4 is 57.0 Å². The number of aromatic nitrogens is 2. The number of hydrogen-bond acceptors (Lipinski definition) is 4. The first kappa shape index (κ1) is 18.1. The molecule has 0 fully saturated rings. The van der Waals surface area contributed by atoms with E-state index in [4.69, 9.17) is 23.2 Å². The van der Waals surface area contributed by atoms with Crippen LogP contribution >= 0.6 is 23.2 Å². The zero-order valence-corrected chi connectivity index (χ0v) is 15.7. The minimum atomic E-state index is -0.501. The number of rotatable bonds is 4. The lowest BCUT2D eigenvalue weighted by molar-refractivity contribution is 0.628.